The molecule has 0 aliphatic rings. The molecule has 9 nitrogen and oxygen atoms in total. The molecule has 0 N–H and O–H groups in total. The molecular formula is C48H40N2O7S2. The Labute approximate surface area is 343 Å². The van der Waals surface area contributed by atoms with Crippen molar-refractivity contribution >= 4 is 30.7 Å². The quantitative estimate of drug-likeness (QED) is 0.128. The topological polar surface area (TPSA) is 114 Å². The van der Waals surface area contributed by atoms with E-state index in [9.17, 15) is 21.6 Å². The second-order valence-corrected chi connectivity index (χ2v) is 18.7. The van der Waals surface area contributed by atoms with Gasteiger partial charge in [-0.3, -0.25) is 9.13 Å². The van der Waals surface area contributed by atoms with Crippen LogP contribution in [0.25, 0.3) is 16.7 Å². The fourth-order valence-corrected chi connectivity index (χ4v) is 9.52. The summed E-state index contributed by atoms with van der Waals surface area (Å²) in [5, 5.41) is 0. The molecule has 296 valence electrons. The van der Waals surface area contributed by atoms with Gasteiger partial charge in [-0.1, -0.05) is 67.9 Å². The van der Waals surface area contributed by atoms with Crippen molar-refractivity contribution in [2.45, 2.75) is 45.8 Å². The molecule has 7 aromatic carbocycles. The highest BCUT2D eigenvalue weighted by Crippen LogP contribution is 2.35. The van der Waals surface area contributed by atoms with E-state index in [0.717, 1.165) is 27.7 Å². The number of imidazole rings is 1. The monoisotopic (exact) mass is 820 g/mol. The zero-order valence-corrected chi connectivity index (χ0v) is 34.4. The van der Waals surface area contributed by atoms with Gasteiger partial charge in [0, 0.05) is 12.5 Å². The van der Waals surface area contributed by atoms with Gasteiger partial charge in [0.2, 0.25) is 19.7 Å². The number of aryl methyl sites for hydroxylation is 2. The molecule has 0 aliphatic heterocycles. The summed E-state index contributed by atoms with van der Waals surface area (Å²) < 4.78 is 68.4. The van der Waals surface area contributed by atoms with Gasteiger partial charge < -0.3 is 9.47 Å². The molecule has 59 heavy (non-hydrogen) atoms. The molecular weight excluding hydrogens is 781 g/mol. The number of benzene rings is 7. The Balaban J connectivity index is 0.898. The number of rotatable bonds is 11. The van der Waals surface area contributed by atoms with Crippen molar-refractivity contribution < 1.29 is 26.3 Å². The second-order valence-electron chi connectivity index (χ2n) is 14.8. The maximum atomic E-state index is 13.5. The number of hydrogen-bond donors (Lipinski definition) is 0. The van der Waals surface area contributed by atoms with Gasteiger partial charge in [-0.15, -0.1) is 0 Å². The summed E-state index contributed by atoms with van der Waals surface area (Å²) >= 11 is 0. The predicted molar refractivity (Wildman–Crippen MR) is 229 cm³/mol. The van der Waals surface area contributed by atoms with Crippen molar-refractivity contribution in [1.82, 2.24) is 9.13 Å². The third kappa shape index (κ3) is 7.58. The van der Waals surface area contributed by atoms with Crippen molar-refractivity contribution in [3.63, 3.8) is 0 Å². The lowest BCUT2D eigenvalue weighted by molar-refractivity contribution is 0.480. The molecule has 1 heterocycles. The maximum absolute atomic E-state index is 13.5. The van der Waals surface area contributed by atoms with Gasteiger partial charge in [0.05, 0.1) is 36.3 Å². The SMILES string of the molecule is Cc1ccc(S(=O)(=O)c2ccc(Oc3ccc(C(C)(C)c4ccc(Oc5ccc(S(=O)(=O)c6ccc(-n7c(=O)n(C)c8ccccc87)cc6)cc5)cc4)cc3)cc2)cc1. The zero-order chi connectivity index (χ0) is 41.5. The fourth-order valence-electron chi connectivity index (χ4n) is 7.00. The van der Waals surface area contributed by atoms with E-state index in [-0.39, 0.29) is 30.7 Å². The van der Waals surface area contributed by atoms with Crippen molar-refractivity contribution in [2.24, 2.45) is 7.05 Å². The number of para-hydroxylation sites is 2. The van der Waals surface area contributed by atoms with Gasteiger partial charge in [0.1, 0.15) is 23.0 Å². The molecule has 8 aromatic rings. The van der Waals surface area contributed by atoms with Gasteiger partial charge >= 0.3 is 5.69 Å². The third-order valence-corrected chi connectivity index (χ3v) is 14.2. The number of hydrogen-bond acceptors (Lipinski definition) is 7. The van der Waals surface area contributed by atoms with E-state index in [2.05, 4.69) is 13.8 Å². The summed E-state index contributed by atoms with van der Waals surface area (Å²) in [5.74, 6) is 2.23. The Kier molecular flexibility index (Phi) is 10.1. The van der Waals surface area contributed by atoms with Crippen LogP contribution in [0.15, 0.2) is 194 Å². The Morgan fingerprint density at radius 2 is 0.797 bits per heavy atom. The van der Waals surface area contributed by atoms with E-state index in [4.69, 9.17) is 9.47 Å². The summed E-state index contributed by atoms with van der Waals surface area (Å²) in [4.78, 5) is 13.6. The van der Waals surface area contributed by atoms with Crippen molar-refractivity contribution in [3.8, 4) is 28.7 Å². The number of aromatic nitrogens is 2. The molecule has 0 amide bonds. The lowest BCUT2D eigenvalue weighted by atomic mass is 9.78. The molecule has 0 radical (unpaired) electrons. The van der Waals surface area contributed by atoms with E-state index in [1.807, 2.05) is 79.7 Å². The minimum atomic E-state index is -3.83. The average molecular weight is 821 g/mol. The highest BCUT2D eigenvalue weighted by molar-refractivity contribution is 7.91. The van der Waals surface area contributed by atoms with Crippen LogP contribution in [0.1, 0.15) is 30.5 Å². The predicted octanol–water partition coefficient (Wildman–Crippen LogP) is 10.2. The van der Waals surface area contributed by atoms with E-state index in [1.54, 1.807) is 89.0 Å². The van der Waals surface area contributed by atoms with Gasteiger partial charge in [-0.2, -0.15) is 0 Å². The minimum absolute atomic E-state index is 0.114. The highest BCUT2D eigenvalue weighted by Gasteiger charge is 2.24. The van der Waals surface area contributed by atoms with Gasteiger partial charge in [-0.25, -0.2) is 21.6 Å². The molecule has 0 fully saturated rings. The number of nitrogens with zero attached hydrogens (tertiary/aromatic N) is 2. The fraction of sp³-hybridized carbons (Fsp3) is 0.104. The zero-order valence-electron chi connectivity index (χ0n) is 32.7. The molecule has 0 atom stereocenters. The standard InChI is InChI=1S/C48H40N2O7S2/c1-33-9-25-41(26-10-33)58(52,53)43-29-21-39(22-30-43)56-37-17-11-34(12-18-37)48(2,3)35-13-19-38(20-14-35)57-40-23-31-44(32-24-40)59(54,55)42-27-15-36(16-28-42)50-46-8-6-5-7-45(46)49(4)47(50)51/h5-32H,1-4H3. The minimum Gasteiger partial charge on any atom is -0.457 e. The molecule has 0 saturated carbocycles. The van der Waals surface area contributed by atoms with Crippen LogP contribution in [-0.2, 0) is 32.1 Å². The number of ether oxygens (including phenoxy) is 2. The molecule has 0 spiro atoms. The van der Waals surface area contributed by atoms with E-state index in [0.29, 0.717) is 28.7 Å². The van der Waals surface area contributed by atoms with Crippen LogP contribution in [0.2, 0.25) is 0 Å². The Hall–Kier alpha value is -6.69. The van der Waals surface area contributed by atoms with Gasteiger partial charge in [-0.05, 0) is 139 Å². The second kappa shape index (κ2) is 15.2. The van der Waals surface area contributed by atoms with Gasteiger partial charge in [0.25, 0.3) is 0 Å². The summed E-state index contributed by atoms with van der Waals surface area (Å²) in [6, 6.07) is 48.8. The molecule has 0 unspecified atom stereocenters. The third-order valence-electron chi connectivity index (χ3n) is 10.6. The summed E-state index contributed by atoms with van der Waals surface area (Å²) in [7, 11) is -5.76. The van der Waals surface area contributed by atoms with Crippen LogP contribution in [0, 0.1) is 6.92 Å². The van der Waals surface area contributed by atoms with Crippen LogP contribution in [-0.4, -0.2) is 26.0 Å². The Bertz CT molecular complexity index is 3080. The highest BCUT2D eigenvalue weighted by atomic mass is 32.2. The van der Waals surface area contributed by atoms with Gasteiger partial charge in [0.15, 0.2) is 0 Å². The lowest BCUT2D eigenvalue weighted by Crippen LogP contribution is -2.20. The van der Waals surface area contributed by atoms with Crippen LogP contribution in [0.4, 0.5) is 0 Å². The normalized spacial score (nSPS) is 12.1. The summed E-state index contributed by atoms with van der Waals surface area (Å²) in [5.41, 5.74) is 4.62. The first-order chi connectivity index (χ1) is 28.2. The molecule has 0 aliphatic carbocycles. The van der Waals surface area contributed by atoms with Crippen LogP contribution >= 0.6 is 0 Å². The smallest absolute Gasteiger partial charge is 0.333 e. The first-order valence-corrected chi connectivity index (χ1v) is 21.8. The van der Waals surface area contributed by atoms with Crippen molar-refractivity contribution in [2.75, 3.05) is 0 Å². The Morgan fingerprint density at radius 3 is 1.20 bits per heavy atom. The largest absolute Gasteiger partial charge is 0.457 e. The first-order valence-electron chi connectivity index (χ1n) is 18.8. The van der Waals surface area contributed by atoms with Crippen LogP contribution in [0.3, 0.4) is 0 Å². The Morgan fingerprint density at radius 1 is 0.458 bits per heavy atom. The number of fused-ring (bicyclic) bond motifs is 1. The maximum Gasteiger partial charge on any atom is 0.333 e. The van der Waals surface area contributed by atoms with Crippen LogP contribution < -0.4 is 15.2 Å². The first kappa shape index (κ1) is 39.2. The summed E-state index contributed by atoms with van der Waals surface area (Å²) in [6.45, 7) is 6.17. The molecule has 11 heteroatoms. The van der Waals surface area contributed by atoms with Crippen molar-refractivity contribution in [1.29, 1.82) is 0 Å². The number of sulfone groups is 2. The van der Waals surface area contributed by atoms with E-state index in [1.165, 1.54) is 24.3 Å². The molecule has 8 rings (SSSR count). The van der Waals surface area contributed by atoms with E-state index < -0.39 is 19.7 Å². The molecule has 0 saturated heterocycles. The molecule has 1 aromatic heterocycles. The lowest BCUT2D eigenvalue weighted by Gasteiger charge is -2.26. The van der Waals surface area contributed by atoms with Crippen LogP contribution in [0.5, 0.6) is 23.0 Å². The van der Waals surface area contributed by atoms with Crippen molar-refractivity contribution in [3.05, 3.63) is 197 Å². The van der Waals surface area contributed by atoms with E-state index >= 15 is 0 Å². The average Bonchev–Trinajstić information content (AvgIpc) is 3.50. The molecule has 0 bridgehead atoms. The summed E-state index contributed by atoms with van der Waals surface area (Å²) in [6.07, 6.45) is 0.